The van der Waals surface area contributed by atoms with Gasteiger partial charge >= 0.3 is 0 Å². The largest absolute Gasteiger partial charge is 0.333 e. The lowest BCUT2D eigenvalue weighted by Crippen LogP contribution is -2.58. The number of likely N-dealkylation sites (N-methyl/N-ethyl adjacent to an activating group) is 1. The normalized spacial score (nSPS) is 30.3. The van der Waals surface area contributed by atoms with Crippen LogP contribution in [0.5, 0.6) is 0 Å². The second-order valence-electron chi connectivity index (χ2n) is 8.07. The van der Waals surface area contributed by atoms with Crippen LogP contribution in [-0.4, -0.2) is 39.3 Å². The first-order valence-corrected chi connectivity index (χ1v) is 12.2. The minimum atomic E-state index is -1.48. The van der Waals surface area contributed by atoms with Gasteiger partial charge in [0.05, 0.1) is 0 Å². The highest BCUT2D eigenvalue weighted by atomic mass is 28.3. The fourth-order valence-electron chi connectivity index (χ4n) is 4.30. The standard InChI is InChI=1S/C20H31N2Si/c1-22(2)20-12-8-7-11-19(20)21-23(3,4)15-17-14-13-16-9-5-6-10-18(16)17/h5-6,9-10,13-14,19-21H,7-8,11-12,15H2,1-4H3/t19-,20-/m1/s1. The van der Waals surface area contributed by atoms with Crippen molar-refractivity contribution in [1.82, 2.24) is 9.88 Å². The first-order chi connectivity index (χ1) is 11.0. The van der Waals surface area contributed by atoms with Gasteiger partial charge in [0.1, 0.15) is 8.24 Å². The average Bonchev–Trinajstić information content (AvgIpc) is 2.90. The summed E-state index contributed by atoms with van der Waals surface area (Å²) in [6.07, 6.45) is 18.9. The summed E-state index contributed by atoms with van der Waals surface area (Å²) >= 11 is 0. The van der Waals surface area contributed by atoms with Gasteiger partial charge in [-0.1, -0.05) is 50.2 Å². The maximum absolute atomic E-state index is 4.13. The number of rotatable bonds is 5. The molecule has 0 aromatic heterocycles. The molecule has 2 nitrogen and oxygen atoms in total. The van der Waals surface area contributed by atoms with Crippen LogP contribution in [0.4, 0.5) is 0 Å². The molecule has 0 heterocycles. The molecule has 23 heavy (non-hydrogen) atoms. The van der Waals surface area contributed by atoms with Crippen molar-refractivity contribution in [1.29, 1.82) is 0 Å². The van der Waals surface area contributed by atoms with Crippen LogP contribution in [0.1, 0.15) is 25.7 Å². The third kappa shape index (κ3) is 4.18. The van der Waals surface area contributed by atoms with Gasteiger partial charge in [0.15, 0.2) is 0 Å². The molecular formula is C20H31N2Si. The van der Waals surface area contributed by atoms with E-state index in [4.69, 9.17) is 0 Å². The minimum Gasteiger partial charge on any atom is -0.333 e. The van der Waals surface area contributed by atoms with Crippen LogP contribution in [0.15, 0.2) is 24.3 Å². The predicted molar refractivity (Wildman–Crippen MR) is 102 cm³/mol. The molecule has 3 heteroatoms. The first-order valence-electron chi connectivity index (χ1n) is 9.04. The number of nitrogens with one attached hydrogen (secondary N) is 1. The molecule has 3 rings (SSSR count). The molecule has 3 aliphatic carbocycles. The summed E-state index contributed by atoms with van der Waals surface area (Å²) in [4.78, 5) is 6.56. The molecule has 0 amide bonds. The van der Waals surface area contributed by atoms with Gasteiger partial charge in [-0.3, -0.25) is 0 Å². The molecule has 125 valence electrons. The van der Waals surface area contributed by atoms with E-state index in [1.165, 1.54) is 49.5 Å². The molecule has 0 aliphatic heterocycles. The van der Waals surface area contributed by atoms with E-state index >= 15 is 0 Å². The molecule has 0 aromatic rings. The van der Waals surface area contributed by atoms with Crippen LogP contribution in [0.2, 0.25) is 19.1 Å². The first kappa shape index (κ1) is 17.4. The number of fused-ring (bicyclic) bond motifs is 1. The summed E-state index contributed by atoms with van der Waals surface area (Å²) in [5.41, 5.74) is 0. The number of hydrogen-bond acceptors (Lipinski definition) is 2. The molecule has 1 N–H and O–H groups in total. The van der Waals surface area contributed by atoms with Gasteiger partial charge in [-0.05, 0) is 51.7 Å². The predicted octanol–water partition coefficient (Wildman–Crippen LogP) is 3.93. The molecule has 0 spiro atoms. The second-order valence-corrected chi connectivity index (χ2v) is 12.5. The molecule has 0 bridgehead atoms. The van der Waals surface area contributed by atoms with Crippen molar-refractivity contribution in [3.63, 3.8) is 0 Å². The molecule has 3 aliphatic rings. The van der Waals surface area contributed by atoms with Gasteiger partial charge in [0.25, 0.3) is 0 Å². The summed E-state index contributed by atoms with van der Waals surface area (Å²) in [5, 5.41) is 0. The van der Waals surface area contributed by atoms with Crippen LogP contribution < -0.4 is 4.98 Å². The number of allylic oxidation sites excluding steroid dienone is 4. The van der Waals surface area contributed by atoms with Crippen molar-refractivity contribution in [2.75, 3.05) is 14.1 Å². The molecule has 0 saturated heterocycles. The smallest absolute Gasteiger partial charge is 0.120 e. The number of nitrogens with zero attached hydrogens (tertiary/aromatic N) is 1. The van der Waals surface area contributed by atoms with Crippen molar-refractivity contribution in [2.45, 2.75) is 56.9 Å². The zero-order chi connectivity index (χ0) is 16.4. The Balaban J connectivity index is 1.60. The Morgan fingerprint density at radius 2 is 1.83 bits per heavy atom. The highest BCUT2D eigenvalue weighted by Crippen LogP contribution is 2.47. The Morgan fingerprint density at radius 1 is 1.09 bits per heavy atom. The topological polar surface area (TPSA) is 15.3 Å². The van der Waals surface area contributed by atoms with Gasteiger partial charge in [-0.2, -0.15) is 0 Å². The van der Waals surface area contributed by atoms with Crippen LogP contribution >= 0.6 is 0 Å². The molecule has 2 fully saturated rings. The van der Waals surface area contributed by atoms with Crippen LogP contribution in [0.3, 0.4) is 0 Å². The van der Waals surface area contributed by atoms with E-state index in [0.29, 0.717) is 12.1 Å². The van der Waals surface area contributed by atoms with Gasteiger partial charge < -0.3 is 9.88 Å². The Kier molecular flexibility index (Phi) is 5.49. The van der Waals surface area contributed by atoms with E-state index in [9.17, 15) is 0 Å². The van der Waals surface area contributed by atoms with Crippen molar-refractivity contribution in [3.05, 3.63) is 54.9 Å². The summed E-state index contributed by atoms with van der Waals surface area (Å²) in [7, 11) is 3.00. The lowest BCUT2D eigenvalue weighted by Gasteiger charge is -2.42. The third-order valence-electron chi connectivity index (χ3n) is 5.37. The van der Waals surface area contributed by atoms with Crippen LogP contribution in [0.25, 0.3) is 0 Å². The summed E-state index contributed by atoms with van der Waals surface area (Å²) in [6.45, 7) is 4.99. The summed E-state index contributed by atoms with van der Waals surface area (Å²) in [5.74, 6) is 4.36. The van der Waals surface area contributed by atoms with Crippen molar-refractivity contribution < 1.29 is 0 Å². The highest BCUT2D eigenvalue weighted by Gasteiger charge is 2.41. The van der Waals surface area contributed by atoms with Gasteiger partial charge in [-0.25, -0.2) is 0 Å². The SMILES string of the molecule is CN(C)[C@@H]1CCCC[C@H]1N[Si](C)(C)C[C]1[CH][CH][C]2C=CC=C[C]21. The van der Waals surface area contributed by atoms with E-state index in [1.807, 2.05) is 0 Å². The van der Waals surface area contributed by atoms with Crippen molar-refractivity contribution >= 4 is 8.24 Å². The third-order valence-corrected chi connectivity index (χ3v) is 7.79. The fourth-order valence-corrected chi connectivity index (χ4v) is 7.00. The van der Waals surface area contributed by atoms with E-state index in [2.05, 4.69) is 74.2 Å². The monoisotopic (exact) mass is 327 g/mol. The molecule has 2 atom stereocenters. The molecule has 0 aromatic carbocycles. The molecule has 0 unspecified atom stereocenters. The van der Waals surface area contributed by atoms with E-state index in [-0.39, 0.29) is 0 Å². The Labute approximate surface area is 144 Å². The Morgan fingerprint density at radius 3 is 2.61 bits per heavy atom. The highest BCUT2D eigenvalue weighted by molar-refractivity contribution is 6.75. The van der Waals surface area contributed by atoms with Crippen LogP contribution in [0, 0.1) is 30.6 Å². The van der Waals surface area contributed by atoms with Gasteiger partial charge in [-0.15, -0.1) is 0 Å². The lowest BCUT2D eigenvalue weighted by molar-refractivity contribution is 0.190. The van der Waals surface area contributed by atoms with E-state index in [0.717, 1.165) is 0 Å². The molecular weight excluding hydrogens is 296 g/mol. The summed E-state index contributed by atoms with van der Waals surface area (Å²) < 4.78 is 0. The summed E-state index contributed by atoms with van der Waals surface area (Å²) in [6, 6.07) is 2.59. The zero-order valence-electron chi connectivity index (χ0n) is 15.1. The maximum Gasteiger partial charge on any atom is 0.120 e. The van der Waals surface area contributed by atoms with E-state index in [1.54, 1.807) is 0 Å². The zero-order valence-corrected chi connectivity index (χ0v) is 16.1. The quantitative estimate of drug-likeness (QED) is 0.770. The lowest BCUT2D eigenvalue weighted by atomic mass is 9.87. The van der Waals surface area contributed by atoms with Crippen molar-refractivity contribution in [3.8, 4) is 0 Å². The average molecular weight is 328 g/mol. The van der Waals surface area contributed by atoms with E-state index < -0.39 is 8.24 Å². The Hall–Kier alpha value is -0.383. The van der Waals surface area contributed by atoms with Crippen LogP contribution in [-0.2, 0) is 0 Å². The maximum atomic E-state index is 4.13. The molecule has 2 saturated carbocycles. The van der Waals surface area contributed by atoms with Gasteiger partial charge in [0, 0.05) is 23.9 Å². The Bertz CT molecular complexity index is 455. The number of hydrogen-bond donors (Lipinski definition) is 1. The molecule has 5 radical (unpaired) electrons. The minimum absolute atomic E-state index is 0.668. The second kappa shape index (κ2) is 7.24. The van der Waals surface area contributed by atoms with Gasteiger partial charge in [0.2, 0.25) is 0 Å². The fraction of sp³-hybridized carbons (Fsp3) is 0.550. The van der Waals surface area contributed by atoms with Crippen molar-refractivity contribution in [2.24, 2.45) is 0 Å².